The molecule has 0 aliphatic carbocycles. The van der Waals surface area contributed by atoms with Crippen molar-refractivity contribution in [2.24, 2.45) is 5.73 Å². The standard InChI is InChI=1S/C6H13NO5.C6H12O6/c7-3(1-8)5(11)6(12)4(10)2-9;7-1-3(9)5(11)6(12)4(10)2-8/h1,3-6,9-12H,2,7H2;1,3-6,8-12H,2H2/t3-,4+,5+,6+;3-,4+,5+,6-/m00/s1. The van der Waals surface area contributed by atoms with Crippen LogP contribution < -0.4 is 5.73 Å². The lowest BCUT2D eigenvalue weighted by Crippen LogP contribution is -2.49. The molecule has 0 saturated carbocycles. The third kappa shape index (κ3) is 8.70. The average molecular weight is 359 g/mol. The van der Waals surface area contributed by atoms with Gasteiger partial charge >= 0.3 is 0 Å². The van der Waals surface area contributed by atoms with Gasteiger partial charge in [-0.25, -0.2) is 0 Å². The van der Waals surface area contributed by atoms with Gasteiger partial charge in [-0.1, -0.05) is 0 Å². The minimum Gasteiger partial charge on any atom is -0.394 e. The molecule has 0 amide bonds. The molecule has 0 aromatic heterocycles. The van der Waals surface area contributed by atoms with E-state index in [0.717, 1.165) is 0 Å². The zero-order chi connectivity index (χ0) is 19.4. The number of hydrogen-bond acceptors (Lipinski definition) is 12. The fourth-order valence-electron chi connectivity index (χ4n) is 1.26. The number of aliphatic hydroxyl groups excluding tert-OH is 9. The van der Waals surface area contributed by atoms with Crippen molar-refractivity contribution in [3.8, 4) is 0 Å². The second kappa shape index (κ2) is 13.3. The quantitative estimate of drug-likeness (QED) is 0.164. The largest absolute Gasteiger partial charge is 0.394 e. The van der Waals surface area contributed by atoms with E-state index in [1.54, 1.807) is 0 Å². The lowest BCUT2D eigenvalue weighted by atomic mass is 10.0. The topological polar surface area (TPSA) is 242 Å². The SMILES string of the molecule is N[C@@H](C=O)[C@@H](O)[C@H](O)[C@H](O)CO.O=C[C@H](O)[C@@H](O)[C@@H](O)[C@H](O)CO. The molecule has 11 N–H and O–H groups in total. The van der Waals surface area contributed by atoms with Gasteiger partial charge in [0.25, 0.3) is 0 Å². The molecular formula is C12H25NO11. The molecule has 12 heteroatoms. The number of aliphatic hydroxyl groups is 9. The summed E-state index contributed by atoms with van der Waals surface area (Å²) in [6, 6.07) is -1.26. The molecule has 0 saturated heterocycles. The second-order valence-corrected chi connectivity index (χ2v) is 4.80. The fraction of sp³-hybridized carbons (Fsp3) is 0.833. The van der Waals surface area contributed by atoms with E-state index >= 15 is 0 Å². The zero-order valence-electron chi connectivity index (χ0n) is 12.6. The van der Waals surface area contributed by atoms with E-state index < -0.39 is 62.0 Å². The minimum atomic E-state index is -1.79. The Hall–Kier alpha value is -1.06. The molecule has 0 rings (SSSR count). The summed E-state index contributed by atoms with van der Waals surface area (Å²) in [6.07, 6.45) is -11.3. The Bertz CT molecular complexity index is 313. The average Bonchev–Trinajstić information content (AvgIpc) is 2.62. The molecule has 24 heavy (non-hydrogen) atoms. The number of rotatable bonds is 10. The molecule has 0 radical (unpaired) electrons. The van der Waals surface area contributed by atoms with E-state index in [1.807, 2.05) is 0 Å². The van der Waals surface area contributed by atoms with E-state index in [9.17, 15) is 9.59 Å². The summed E-state index contributed by atoms with van der Waals surface area (Å²) >= 11 is 0. The van der Waals surface area contributed by atoms with E-state index in [4.69, 9.17) is 51.7 Å². The van der Waals surface area contributed by atoms with Gasteiger partial charge in [0.2, 0.25) is 0 Å². The van der Waals surface area contributed by atoms with Crippen LogP contribution in [0.1, 0.15) is 0 Å². The number of hydrogen-bond donors (Lipinski definition) is 10. The Kier molecular flexibility index (Phi) is 13.9. The van der Waals surface area contributed by atoms with Crippen molar-refractivity contribution in [1.82, 2.24) is 0 Å². The van der Waals surface area contributed by atoms with Crippen molar-refractivity contribution in [3.05, 3.63) is 0 Å². The van der Waals surface area contributed by atoms with Gasteiger partial charge in [-0.3, -0.25) is 0 Å². The molecule has 0 heterocycles. The number of carbonyl (C=O) groups is 2. The highest BCUT2D eigenvalue weighted by atomic mass is 16.4. The predicted octanol–water partition coefficient (Wildman–Crippen LogP) is -6.79. The molecule has 12 nitrogen and oxygen atoms in total. The Morgan fingerprint density at radius 2 is 1.04 bits per heavy atom. The van der Waals surface area contributed by atoms with Crippen LogP contribution in [0.15, 0.2) is 0 Å². The Morgan fingerprint density at radius 3 is 1.33 bits per heavy atom. The minimum absolute atomic E-state index is 0.0258. The highest BCUT2D eigenvalue weighted by Gasteiger charge is 2.29. The molecule has 0 aliphatic heterocycles. The molecule has 0 unspecified atom stereocenters. The van der Waals surface area contributed by atoms with Crippen molar-refractivity contribution in [1.29, 1.82) is 0 Å². The van der Waals surface area contributed by atoms with Gasteiger partial charge in [-0.2, -0.15) is 0 Å². The van der Waals surface area contributed by atoms with E-state index in [2.05, 4.69) is 0 Å². The first-order chi connectivity index (χ1) is 11.1. The van der Waals surface area contributed by atoms with Crippen LogP contribution in [0.2, 0.25) is 0 Å². The van der Waals surface area contributed by atoms with Gasteiger partial charge in [0.1, 0.15) is 49.0 Å². The summed E-state index contributed by atoms with van der Waals surface area (Å²) in [4.78, 5) is 19.9. The van der Waals surface area contributed by atoms with Crippen molar-refractivity contribution in [2.75, 3.05) is 13.2 Å². The van der Waals surface area contributed by atoms with Crippen LogP contribution in [-0.4, -0.2) is 121 Å². The molecule has 144 valence electrons. The third-order valence-electron chi connectivity index (χ3n) is 2.90. The van der Waals surface area contributed by atoms with Gasteiger partial charge in [0.05, 0.1) is 19.3 Å². The van der Waals surface area contributed by atoms with Crippen molar-refractivity contribution >= 4 is 12.6 Å². The normalized spacial score (nSPS) is 21.1. The van der Waals surface area contributed by atoms with E-state index in [-0.39, 0.29) is 12.6 Å². The molecule has 0 fully saturated rings. The van der Waals surface area contributed by atoms with Crippen LogP contribution >= 0.6 is 0 Å². The third-order valence-corrected chi connectivity index (χ3v) is 2.90. The van der Waals surface area contributed by atoms with Crippen LogP contribution in [0.4, 0.5) is 0 Å². The molecule has 8 atom stereocenters. The smallest absolute Gasteiger partial charge is 0.151 e. The maximum Gasteiger partial charge on any atom is 0.151 e. The van der Waals surface area contributed by atoms with Gasteiger partial charge in [-0.15, -0.1) is 0 Å². The van der Waals surface area contributed by atoms with Gasteiger partial charge in [0, 0.05) is 0 Å². The molecule has 0 spiro atoms. The van der Waals surface area contributed by atoms with Crippen molar-refractivity contribution in [2.45, 2.75) is 48.8 Å². The van der Waals surface area contributed by atoms with Crippen LogP contribution in [0.25, 0.3) is 0 Å². The van der Waals surface area contributed by atoms with Gasteiger partial charge in [0.15, 0.2) is 6.29 Å². The van der Waals surface area contributed by atoms with Crippen molar-refractivity contribution < 1.29 is 55.5 Å². The zero-order valence-corrected chi connectivity index (χ0v) is 12.6. The lowest BCUT2D eigenvalue weighted by molar-refractivity contribution is -0.136. The Morgan fingerprint density at radius 1 is 0.667 bits per heavy atom. The summed E-state index contributed by atoms with van der Waals surface area (Å²) in [6.45, 7) is -1.46. The maximum absolute atomic E-state index is 10.0. The number of aldehydes is 2. The summed E-state index contributed by atoms with van der Waals surface area (Å²) in [5, 5.41) is 78.7. The van der Waals surface area contributed by atoms with E-state index in [0.29, 0.717) is 0 Å². The molecular weight excluding hydrogens is 334 g/mol. The molecule has 0 bridgehead atoms. The monoisotopic (exact) mass is 359 g/mol. The fourth-order valence-corrected chi connectivity index (χ4v) is 1.26. The summed E-state index contributed by atoms with van der Waals surface area (Å²) in [5.41, 5.74) is 5.04. The Balaban J connectivity index is 0. The van der Waals surface area contributed by atoms with Crippen LogP contribution in [0.5, 0.6) is 0 Å². The first-order valence-corrected chi connectivity index (χ1v) is 6.73. The highest BCUT2D eigenvalue weighted by Crippen LogP contribution is 2.03. The van der Waals surface area contributed by atoms with Crippen LogP contribution in [-0.2, 0) is 9.59 Å². The molecule has 0 aliphatic rings. The Labute approximate surface area is 137 Å². The van der Waals surface area contributed by atoms with Gasteiger partial charge < -0.3 is 61.3 Å². The van der Waals surface area contributed by atoms with Crippen LogP contribution in [0.3, 0.4) is 0 Å². The first-order valence-electron chi connectivity index (χ1n) is 6.73. The van der Waals surface area contributed by atoms with Gasteiger partial charge in [-0.05, 0) is 0 Å². The molecule has 0 aromatic rings. The lowest BCUT2D eigenvalue weighted by Gasteiger charge is -2.23. The number of carbonyl (C=O) groups excluding carboxylic acids is 2. The number of nitrogens with two attached hydrogens (primary N) is 1. The molecule has 0 aromatic carbocycles. The van der Waals surface area contributed by atoms with Crippen LogP contribution in [0, 0.1) is 0 Å². The van der Waals surface area contributed by atoms with E-state index in [1.165, 1.54) is 0 Å². The van der Waals surface area contributed by atoms with Crippen molar-refractivity contribution in [3.63, 3.8) is 0 Å². The predicted molar refractivity (Wildman–Crippen MR) is 76.3 cm³/mol. The first kappa shape index (κ1) is 25.2. The maximum atomic E-state index is 10.0. The second-order valence-electron chi connectivity index (χ2n) is 4.80. The summed E-state index contributed by atoms with van der Waals surface area (Å²) in [7, 11) is 0. The summed E-state index contributed by atoms with van der Waals surface area (Å²) in [5.74, 6) is 0. The highest BCUT2D eigenvalue weighted by molar-refractivity contribution is 5.58. The summed E-state index contributed by atoms with van der Waals surface area (Å²) < 4.78 is 0.